The molecule has 0 atom stereocenters. The Balaban J connectivity index is 2.08. The van der Waals surface area contributed by atoms with Crippen LogP contribution >= 0.6 is 23.9 Å². The van der Waals surface area contributed by atoms with Crippen molar-refractivity contribution in [3.63, 3.8) is 0 Å². The summed E-state index contributed by atoms with van der Waals surface area (Å²) in [6, 6.07) is 10.6. The van der Waals surface area contributed by atoms with E-state index >= 15 is 0 Å². The molecule has 1 aromatic carbocycles. The van der Waals surface area contributed by atoms with Gasteiger partial charge in [0.15, 0.2) is 0 Å². The van der Waals surface area contributed by atoms with E-state index in [4.69, 9.17) is 0 Å². The minimum atomic E-state index is 1.25. The van der Waals surface area contributed by atoms with E-state index in [0.29, 0.717) is 0 Å². The van der Waals surface area contributed by atoms with Gasteiger partial charge in [-0.25, -0.2) is 0 Å². The monoisotopic (exact) mass is 197 g/mol. The van der Waals surface area contributed by atoms with Crippen LogP contribution in [0.2, 0.25) is 0 Å². The van der Waals surface area contributed by atoms with Gasteiger partial charge in [0.05, 0.1) is 5.69 Å². The third kappa shape index (κ3) is 1.90. The molecule has 1 aliphatic rings. The number of hydrogen-bond acceptors (Lipinski definition) is 3. The molecule has 3 heteroatoms. The summed E-state index contributed by atoms with van der Waals surface area (Å²) in [6.07, 6.45) is 1.33. The van der Waals surface area contributed by atoms with Gasteiger partial charge in [0.25, 0.3) is 0 Å². The highest BCUT2D eigenvalue weighted by molar-refractivity contribution is 8.18. The average molecular weight is 197 g/mol. The Labute approximate surface area is 81.8 Å². The van der Waals surface area contributed by atoms with Crippen molar-refractivity contribution in [2.75, 3.05) is 15.2 Å². The van der Waals surface area contributed by atoms with E-state index in [2.05, 4.69) is 34.0 Å². The zero-order valence-corrected chi connectivity index (χ0v) is 8.40. The van der Waals surface area contributed by atoms with E-state index in [-0.39, 0.29) is 0 Å². The Hall–Kier alpha value is -0.280. The summed E-state index contributed by atoms with van der Waals surface area (Å²) in [6.45, 7) is 0. The number of nitrogens with zero attached hydrogens (tertiary/aromatic N) is 1. The van der Waals surface area contributed by atoms with Gasteiger partial charge in [0, 0.05) is 11.5 Å². The second kappa shape index (κ2) is 4.10. The molecule has 0 radical (unpaired) electrons. The molecular weight excluding hydrogens is 186 g/mol. The first-order valence-corrected chi connectivity index (χ1v) is 5.96. The number of hydrogen-bond donors (Lipinski definition) is 0. The third-order valence-electron chi connectivity index (χ3n) is 1.67. The maximum absolute atomic E-state index is 2.31. The first kappa shape index (κ1) is 8.32. The molecule has 0 amide bonds. The summed E-state index contributed by atoms with van der Waals surface area (Å²) < 4.78 is 2.31. The molecule has 0 bridgehead atoms. The summed E-state index contributed by atoms with van der Waals surface area (Å²) >= 11 is 3.83. The predicted octanol–water partition coefficient (Wildman–Crippen LogP) is 3.19. The standard InChI is InChI=1S/C9H11NS2/c1-2-5-9(6-3-1)10-11-7-4-8-12-10/h1-3,5-6H,4,7-8H2. The van der Waals surface area contributed by atoms with Crippen LogP contribution < -0.4 is 3.71 Å². The second-order valence-corrected chi connectivity index (χ2v) is 4.91. The number of rotatable bonds is 1. The Bertz CT molecular complexity index is 232. The van der Waals surface area contributed by atoms with Crippen molar-refractivity contribution >= 4 is 29.6 Å². The van der Waals surface area contributed by atoms with Crippen LogP contribution in [0.25, 0.3) is 0 Å². The summed E-state index contributed by atoms with van der Waals surface area (Å²) in [7, 11) is 0. The molecule has 0 aromatic heterocycles. The number of benzene rings is 1. The predicted molar refractivity (Wildman–Crippen MR) is 58.5 cm³/mol. The molecule has 1 aromatic rings. The van der Waals surface area contributed by atoms with Crippen molar-refractivity contribution in [2.24, 2.45) is 0 Å². The fourth-order valence-corrected chi connectivity index (χ4v) is 3.44. The van der Waals surface area contributed by atoms with Crippen LogP contribution in [0.4, 0.5) is 5.69 Å². The Kier molecular flexibility index (Phi) is 2.84. The van der Waals surface area contributed by atoms with E-state index in [0.717, 1.165) is 0 Å². The zero-order valence-electron chi connectivity index (χ0n) is 6.77. The molecule has 0 unspecified atom stereocenters. The van der Waals surface area contributed by atoms with Crippen LogP contribution in [0.1, 0.15) is 6.42 Å². The van der Waals surface area contributed by atoms with E-state index < -0.39 is 0 Å². The van der Waals surface area contributed by atoms with Crippen molar-refractivity contribution in [1.82, 2.24) is 0 Å². The molecule has 0 spiro atoms. The van der Waals surface area contributed by atoms with Gasteiger partial charge in [0.2, 0.25) is 0 Å². The van der Waals surface area contributed by atoms with Gasteiger partial charge >= 0.3 is 0 Å². The molecule has 1 nitrogen and oxygen atoms in total. The van der Waals surface area contributed by atoms with Crippen molar-refractivity contribution in [1.29, 1.82) is 0 Å². The van der Waals surface area contributed by atoms with E-state index in [1.165, 1.54) is 23.6 Å². The van der Waals surface area contributed by atoms with Gasteiger partial charge in [0.1, 0.15) is 0 Å². The molecule has 1 fully saturated rings. The van der Waals surface area contributed by atoms with Crippen LogP contribution in [0, 0.1) is 0 Å². The molecule has 2 rings (SSSR count). The Morgan fingerprint density at radius 1 is 1.00 bits per heavy atom. The van der Waals surface area contributed by atoms with Crippen molar-refractivity contribution in [3.05, 3.63) is 30.3 Å². The van der Waals surface area contributed by atoms with Crippen molar-refractivity contribution in [2.45, 2.75) is 6.42 Å². The Morgan fingerprint density at radius 3 is 2.33 bits per heavy atom. The van der Waals surface area contributed by atoms with E-state index in [1.54, 1.807) is 0 Å². The van der Waals surface area contributed by atoms with Gasteiger partial charge in [-0.05, 0) is 42.4 Å². The van der Waals surface area contributed by atoms with Crippen LogP contribution in [0.15, 0.2) is 30.3 Å². The van der Waals surface area contributed by atoms with Gasteiger partial charge in [-0.3, -0.25) is 3.71 Å². The maximum Gasteiger partial charge on any atom is 0.0594 e. The molecular formula is C9H11NS2. The van der Waals surface area contributed by atoms with Gasteiger partial charge < -0.3 is 0 Å². The van der Waals surface area contributed by atoms with Gasteiger partial charge in [-0.2, -0.15) is 0 Å². The molecule has 1 heterocycles. The highest BCUT2D eigenvalue weighted by Gasteiger charge is 2.11. The normalized spacial score (nSPS) is 17.8. The summed E-state index contributed by atoms with van der Waals surface area (Å²) in [5, 5.41) is 0. The fourth-order valence-electron chi connectivity index (χ4n) is 1.09. The number of anilines is 1. The van der Waals surface area contributed by atoms with Crippen LogP contribution in [0.3, 0.4) is 0 Å². The van der Waals surface area contributed by atoms with E-state index in [1.807, 2.05) is 23.9 Å². The molecule has 1 saturated heterocycles. The van der Waals surface area contributed by atoms with Crippen LogP contribution in [0.5, 0.6) is 0 Å². The lowest BCUT2D eigenvalue weighted by Crippen LogP contribution is -2.11. The minimum absolute atomic E-state index is 1.25. The summed E-state index contributed by atoms with van der Waals surface area (Å²) in [5.74, 6) is 2.50. The minimum Gasteiger partial charge on any atom is -0.259 e. The molecule has 0 aliphatic carbocycles. The average Bonchev–Trinajstić information content (AvgIpc) is 2.21. The highest BCUT2D eigenvalue weighted by atomic mass is 32.2. The maximum atomic E-state index is 2.31. The summed E-state index contributed by atoms with van der Waals surface area (Å²) in [5.41, 5.74) is 1.31. The Morgan fingerprint density at radius 2 is 1.67 bits per heavy atom. The van der Waals surface area contributed by atoms with Crippen LogP contribution in [-0.2, 0) is 0 Å². The molecule has 0 saturated carbocycles. The van der Waals surface area contributed by atoms with Crippen molar-refractivity contribution in [3.8, 4) is 0 Å². The van der Waals surface area contributed by atoms with Gasteiger partial charge in [-0.15, -0.1) is 0 Å². The first-order valence-electron chi connectivity index (χ1n) is 4.08. The van der Waals surface area contributed by atoms with E-state index in [9.17, 15) is 0 Å². The molecule has 12 heavy (non-hydrogen) atoms. The summed E-state index contributed by atoms with van der Waals surface area (Å²) in [4.78, 5) is 0. The van der Waals surface area contributed by atoms with Gasteiger partial charge in [-0.1, -0.05) is 18.2 Å². The lowest BCUT2D eigenvalue weighted by molar-refractivity contribution is 1.11. The zero-order chi connectivity index (χ0) is 8.23. The second-order valence-electron chi connectivity index (χ2n) is 2.61. The highest BCUT2D eigenvalue weighted by Crippen LogP contribution is 2.34. The third-order valence-corrected chi connectivity index (χ3v) is 4.14. The first-order chi connectivity index (χ1) is 5.97. The number of para-hydroxylation sites is 1. The largest absolute Gasteiger partial charge is 0.259 e. The van der Waals surface area contributed by atoms with Crippen LogP contribution in [-0.4, -0.2) is 11.5 Å². The fraction of sp³-hybridized carbons (Fsp3) is 0.333. The molecule has 64 valence electrons. The molecule has 1 aliphatic heterocycles. The topological polar surface area (TPSA) is 3.24 Å². The van der Waals surface area contributed by atoms with Crippen molar-refractivity contribution < 1.29 is 0 Å². The SMILES string of the molecule is c1ccc(N2SCCCS2)cc1. The molecule has 0 N–H and O–H groups in total. The lowest BCUT2D eigenvalue weighted by atomic mass is 10.3. The quantitative estimate of drug-likeness (QED) is 0.637. The lowest BCUT2D eigenvalue weighted by Gasteiger charge is -2.25. The smallest absolute Gasteiger partial charge is 0.0594 e.